The minimum absolute atomic E-state index is 0.244. The highest BCUT2D eigenvalue weighted by molar-refractivity contribution is 5.77. The summed E-state index contributed by atoms with van der Waals surface area (Å²) in [5.74, 6) is 0.626. The van der Waals surface area contributed by atoms with Crippen molar-refractivity contribution < 1.29 is 10.2 Å². The number of phenolic OH excluding ortho intramolecular Hbond substituents is 2. The third-order valence-electron chi connectivity index (χ3n) is 3.85. The van der Waals surface area contributed by atoms with Gasteiger partial charge in [-0.05, 0) is 53.6 Å². The van der Waals surface area contributed by atoms with Gasteiger partial charge in [0, 0.05) is 5.56 Å². The quantitative estimate of drug-likeness (QED) is 0.861. The monoisotopic (exact) mass is 270 g/mol. The third kappa shape index (κ3) is 2.51. The summed E-state index contributed by atoms with van der Waals surface area (Å²) >= 11 is 0. The molecule has 0 aromatic heterocycles. The van der Waals surface area contributed by atoms with Crippen molar-refractivity contribution in [2.75, 3.05) is 0 Å². The highest BCUT2D eigenvalue weighted by Gasteiger charge is 2.16. The molecular formula is C18H22O2. The average Bonchev–Trinajstić information content (AvgIpc) is 2.47. The van der Waals surface area contributed by atoms with Gasteiger partial charge in [-0.1, -0.05) is 39.0 Å². The lowest BCUT2D eigenvalue weighted by molar-refractivity contribution is 0.469. The molecule has 2 aromatic carbocycles. The molecule has 0 aliphatic rings. The van der Waals surface area contributed by atoms with Crippen molar-refractivity contribution in [3.63, 3.8) is 0 Å². The third-order valence-corrected chi connectivity index (χ3v) is 3.85. The lowest BCUT2D eigenvalue weighted by atomic mass is 9.88. The van der Waals surface area contributed by atoms with E-state index in [2.05, 4.69) is 26.8 Å². The number of benzene rings is 2. The number of rotatable bonds is 4. The summed E-state index contributed by atoms with van der Waals surface area (Å²) in [4.78, 5) is 0. The molecule has 0 aliphatic carbocycles. The molecule has 106 valence electrons. The number of phenols is 2. The molecule has 0 saturated carbocycles. The first kappa shape index (κ1) is 14.4. The summed E-state index contributed by atoms with van der Waals surface area (Å²) in [6.45, 7) is 6.32. The van der Waals surface area contributed by atoms with Crippen LogP contribution in [-0.4, -0.2) is 10.2 Å². The average molecular weight is 270 g/mol. The van der Waals surface area contributed by atoms with Crippen LogP contribution in [0.1, 0.15) is 37.5 Å². The van der Waals surface area contributed by atoms with E-state index in [0.29, 0.717) is 5.75 Å². The fourth-order valence-corrected chi connectivity index (χ4v) is 2.76. The fourth-order valence-electron chi connectivity index (χ4n) is 2.76. The SMILES string of the molecule is CCc1cc(CC)c(CC)c(-c2ccc(O)cc2)c1O. The van der Waals surface area contributed by atoms with E-state index in [-0.39, 0.29) is 5.75 Å². The molecule has 20 heavy (non-hydrogen) atoms. The first-order chi connectivity index (χ1) is 9.62. The van der Waals surface area contributed by atoms with E-state index >= 15 is 0 Å². The normalized spacial score (nSPS) is 10.8. The lowest BCUT2D eigenvalue weighted by Gasteiger charge is -2.18. The van der Waals surface area contributed by atoms with Gasteiger partial charge < -0.3 is 10.2 Å². The molecule has 0 unspecified atom stereocenters. The highest BCUT2D eigenvalue weighted by Crippen LogP contribution is 2.39. The van der Waals surface area contributed by atoms with Gasteiger partial charge in [0.1, 0.15) is 11.5 Å². The molecule has 2 nitrogen and oxygen atoms in total. The Labute approximate surface area is 120 Å². The predicted octanol–water partition coefficient (Wildman–Crippen LogP) is 4.45. The Morgan fingerprint density at radius 3 is 1.90 bits per heavy atom. The Kier molecular flexibility index (Phi) is 4.33. The van der Waals surface area contributed by atoms with Crippen molar-refractivity contribution >= 4 is 0 Å². The van der Waals surface area contributed by atoms with Crippen LogP contribution >= 0.6 is 0 Å². The van der Waals surface area contributed by atoms with E-state index in [1.165, 1.54) is 11.1 Å². The molecular weight excluding hydrogens is 248 g/mol. The topological polar surface area (TPSA) is 40.5 Å². The van der Waals surface area contributed by atoms with Crippen molar-refractivity contribution in [2.45, 2.75) is 40.0 Å². The van der Waals surface area contributed by atoms with Crippen LogP contribution in [-0.2, 0) is 19.3 Å². The van der Waals surface area contributed by atoms with E-state index < -0.39 is 0 Å². The van der Waals surface area contributed by atoms with Gasteiger partial charge in [0.2, 0.25) is 0 Å². The van der Waals surface area contributed by atoms with E-state index in [9.17, 15) is 10.2 Å². The first-order valence-electron chi connectivity index (χ1n) is 7.28. The Balaban J connectivity index is 2.74. The maximum atomic E-state index is 10.6. The molecule has 0 amide bonds. The molecule has 2 rings (SSSR count). The maximum absolute atomic E-state index is 10.6. The van der Waals surface area contributed by atoms with Crippen LogP contribution in [0.25, 0.3) is 11.1 Å². The van der Waals surface area contributed by atoms with E-state index in [1.54, 1.807) is 12.1 Å². The number of aromatic hydroxyl groups is 2. The fraction of sp³-hybridized carbons (Fsp3) is 0.333. The van der Waals surface area contributed by atoms with Crippen molar-refractivity contribution in [3.05, 3.63) is 47.0 Å². The molecule has 0 heterocycles. The zero-order valence-corrected chi connectivity index (χ0v) is 12.4. The van der Waals surface area contributed by atoms with Crippen LogP contribution in [0.3, 0.4) is 0 Å². The minimum atomic E-state index is 0.244. The first-order valence-corrected chi connectivity index (χ1v) is 7.28. The summed E-state index contributed by atoms with van der Waals surface area (Å²) in [6, 6.07) is 9.18. The molecule has 2 heteroatoms. The molecule has 0 atom stereocenters. The smallest absolute Gasteiger partial charge is 0.126 e. The van der Waals surface area contributed by atoms with Crippen LogP contribution < -0.4 is 0 Å². The van der Waals surface area contributed by atoms with Crippen molar-refractivity contribution in [1.82, 2.24) is 0 Å². The van der Waals surface area contributed by atoms with Gasteiger partial charge >= 0.3 is 0 Å². The summed E-state index contributed by atoms with van der Waals surface area (Å²) < 4.78 is 0. The summed E-state index contributed by atoms with van der Waals surface area (Å²) in [5.41, 5.74) is 5.37. The van der Waals surface area contributed by atoms with E-state index in [4.69, 9.17) is 0 Å². The molecule has 0 fully saturated rings. The van der Waals surface area contributed by atoms with Gasteiger partial charge in [-0.2, -0.15) is 0 Å². The second kappa shape index (κ2) is 6.00. The second-order valence-corrected chi connectivity index (χ2v) is 5.00. The van der Waals surface area contributed by atoms with Gasteiger partial charge in [-0.15, -0.1) is 0 Å². The molecule has 0 spiro atoms. The molecule has 0 aliphatic heterocycles. The van der Waals surface area contributed by atoms with Crippen LogP contribution in [0.15, 0.2) is 30.3 Å². The van der Waals surface area contributed by atoms with Gasteiger partial charge in [-0.25, -0.2) is 0 Å². The number of hydrogen-bond acceptors (Lipinski definition) is 2. The van der Waals surface area contributed by atoms with Crippen LogP contribution in [0, 0.1) is 0 Å². The Morgan fingerprint density at radius 2 is 1.40 bits per heavy atom. The summed E-state index contributed by atoms with van der Waals surface area (Å²) in [6.07, 6.45) is 2.66. The van der Waals surface area contributed by atoms with Gasteiger partial charge in [0.15, 0.2) is 0 Å². The summed E-state index contributed by atoms with van der Waals surface area (Å²) in [7, 11) is 0. The maximum Gasteiger partial charge on any atom is 0.126 e. The Hall–Kier alpha value is -1.96. The summed E-state index contributed by atoms with van der Waals surface area (Å²) in [5, 5.41) is 20.0. The molecule has 2 N–H and O–H groups in total. The number of aryl methyl sites for hydroxylation is 2. The lowest BCUT2D eigenvalue weighted by Crippen LogP contribution is -1.99. The Morgan fingerprint density at radius 1 is 0.800 bits per heavy atom. The molecule has 0 radical (unpaired) electrons. The largest absolute Gasteiger partial charge is 0.508 e. The van der Waals surface area contributed by atoms with E-state index in [0.717, 1.165) is 36.0 Å². The second-order valence-electron chi connectivity index (χ2n) is 5.00. The van der Waals surface area contributed by atoms with Crippen LogP contribution in [0.5, 0.6) is 11.5 Å². The highest BCUT2D eigenvalue weighted by atomic mass is 16.3. The van der Waals surface area contributed by atoms with Gasteiger partial charge in [-0.3, -0.25) is 0 Å². The molecule has 0 saturated heterocycles. The zero-order valence-electron chi connectivity index (χ0n) is 12.4. The van der Waals surface area contributed by atoms with Crippen molar-refractivity contribution in [1.29, 1.82) is 0 Å². The molecule has 0 bridgehead atoms. The van der Waals surface area contributed by atoms with Crippen LogP contribution in [0.2, 0.25) is 0 Å². The Bertz CT molecular complexity index is 598. The van der Waals surface area contributed by atoms with Crippen molar-refractivity contribution in [2.24, 2.45) is 0 Å². The van der Waals surface area contributed by atoms with E-state index in [1.807, 2.05) is 12.1 Å². The van der Waals surface area contributed by atoms with Crippen molar-refractivity contribution in [3.8, 4) is 22.6 Å². The van der Waals surface area contributed by atoms with Gasteiger partial charge in [0.05, 0.1) is 0 Å². The van der Waals surface area contributed by atoms with Gasteiger partial charge in [0.25, 0.3) is 0 Å². The standard InChI is InChI=1S/C18H22O2/c1-4-12-11-13(5-2)18(20)17(16(12)6-3)14-7-9-15(19)10-8-14/h7-11,19-20H,4-6H2,1-3H3. The zero-order chi connectivity index (χ0) is 14.7. The minimum Gasteiger partial charge on any atom is -0.508 e. The predicted molar refractivity (Wildman–Crippen MR) is 83.3 cm³/mol. The number of hydrogen-bond donors (Lipinski definition) is 2. The molecule has 2 aromatic rings. The van der Waals surface area contributed by atoms with Crippen LogP contribution in [0.4, 0.5) is 0 Å².